The Bertz CT molecular complexity index is 1040. The van der Waals surface area contributed by atoms with Gasteiger partial charge in [0.15, 0.2) is 9.84 Å². The minimum atomic E-state index is -4.84. The number of nitrogens with zero attached hydrogens (tertiary/aromatic N) is 2. The number of para-hydroxylation sites is 1. The molecule has 136 valence electrons. The minimum Gasteiger partial charge on any atom is -0.405 e. The molecule has 0 N–H and O–H groups in total. The zero-order chi connectivity index (χ0) is 18.9. The summed E-state index contributed by atoms with van der Waals surface area (Å²) in [5.74, 6) is -0.374. The quantitative estimate of drug-likeness (QED) is 0.688. The van der Waals surface area contributed by atoms with E-state index in [1.165, 1.54) is 53.3 Å². The molecule has 2 aromatic carbocycles. The second kappa shape index (κ2) is 6.49. The summed E-state index contributed by atoms with van der Waals surface area (Å²) in [6.45, 7) is 0. The predicted octanol–water partition coefficient (Wildman–Crippen LogP) is 3.84. The predicted molar refractivity (Wildman–Crippen MR) is 88.8 cm³/mol. The summed E-state index contributed by atoms with van der Waals surface area (Å²) in [5.41, 5.74) is 0.900. The van der Waals surface area contributed by atoms with Crippen molar-refractivity contribution in [2.75, 3.05) is 6.26 Å². The maximum absolute atomic E-state index is 12.7. The first-order valence-corrected chi connectivity index (χ1v) is 9.24. The fraction of sp³-hybridized carbons (Fsp3) is 0.118. The molecule has 26 heavy (non-hydrogen) atoms. The maximum atomic E-state index is 12.7. The Kier molecular flexibility index (Phi) is 4.49. The van der Waals surface area contributed by atoms with Crippen molar-refractivity contribution in [3.8, 4) is 22.7 Å². The van der Waals surface area contributed by atoms with Crippen LogP contribution in [-0.2, 0) is 9.84 Å². The summed E-state index contributed by atoms with van der Waals surface area (Å²) in [7, 11) is -3.44. The van der Waals surface area contributed by atoms with Gasteiger partial charge in [-0.2, -0.15) is 5.10 Å². The van der Waals surface area contributed by atoms with Gasteiger partial charge in [0.05, 0.1) is 22.5 Å². The van der Waals surface area contributed by atoms with Gasteiger partial charge in [0.25, 0.3) is 0 Å². The lowest BCUT2D eigenvalue weighted by atomic mass is 10.1. The van der Waals surface area contributed by atoms with E-state index >= 15 is 0 Å². The van der Waals surface area contributed by atoms with Gasteiger partial charge in [-0.3, -0.25) is 0 Å². The monoisotopic (exact) mass is 382 g/mol. The molecule has 0 aliphatic carbocycles. The molecule has 1 aromatic heterocycles. The SMILES string of the molecule is CS(=O)(=O)c1cccc(-n2nccc2-c2ccccc2OC(F)(F)F)c1. The van der Waals surface area contributed by atoms with Gasteiger partial charge in [0, 0.05) is 11.8 Å². The van der Waals surface area contributed by atoms with Crippen LogP contribution in [0.5, 0.6) is 5.75 Å². The van der Waals surface area contributed by atoms with E-state index in [0.717, 1.165) is 6.26 Å². The van der Waals surface area contributed by atoms with Crippen molar-refractivity contribution in [1.82, 2.24) is 9.78 Å². The molecule has 0 bridgehead atoms. The third kappa shape index (κ3) is 3.88. The van der Waals surface area contributed by atoms with Crippen LogP contribution in [0.3, 0.4) is 0 Å². The molecule has 3 rings (SSSR count). The van der Waals surface area contributed by atoms with E-state index in [1.807, 2.05) is 0 Å². The average molecular weight is 382 g/mol. The topological polar surface area (TPSA) is 61.2 Å². The average Bonchev–Trinajstić information content (AvgIpc) is 3.02. The van der Waals surface area contributed by atoms with Crippen LogP contribution in [0, 0.1) is 0 Å². The van der Waals surface area contributed by atoms with Gasteiger partial charge in [0.1, 0.15) is 5.75 Å². The molecular weight excluding hydrogens is 369 g/mol. The summed E-state index contributed by atoms with van der Waals surface area (Å²) < 4.78 is 66.9. The lowest BCUT2D eigenvalue weighted by Gasteiger charge is -2.14. The highest BCUT2D eigenvalue weighted by atomic mass is 32.2. The number of hydrogen-bond donors (Lipinski definition) is 0. The zero-order valence-corrected chi connectivity index (χ0v) is 14.3. The highest BCUT2D eigenvalue weighted by Gasteiger charge is 2.32. The Balaban J connectivity index is 2.12. The van der Waals surface area contributed by atoms with E-state index in [9.17, 15) is 21.6 Å². The van der Waals surface area contributed by atoms with Crippen LogP contribution in [0.15, 0.2) is 65.7 Å². The van der Waals surface area contributed by atoms with E-state index in [2.05, 4.69) is 9.84 Å². The molecule has 0 aliphatic heterocycles. The summed E-state index contributed by atoms with van der Waals surface area (Å²) >= 11 is 0. The van der Waals surface area contributed by atoms with Crippen molar-refractivity contribution in [3.63, 3.8) is 0 Å². The second-order valence-corrected chi connectivity index (χ2v) is 7.46. The highest BCUT2D eigenvalue weighted by Crippen LogP contribution is 2.34. The molecule has 0 unspecified atom stereocenters. The van der Waals surface area contributed by atoms with Gasteiger partial charge < -0.3 is 4.74 Å². The molecule has 0 spiro atoms. The fourth-order valence-corrected chi connectivity index (χ4v) is 3.11. The number of rotatable bonds is 4. The Labute approximate surface area is 147 Å². The largest absolute Gasteiger partial charge is 0.573 e. The first kappa shape index (κ1) is 18.0. The second-order valence-electron chi connectivity index (χ2n) is 5.44. The summed E-state index contributed by atoms with van der Waals surface area (Å²) in [6, 6.07) is 13.2. The van der Waals surface area contributed by atoms with Gasteiger partial charge in [-0.05, 0) is 36.4 Å². The van der Waals surface area contributed by atoms with E-state index in [1.54, 1.807) is 12.1 Å². The Morgan fingerprint density at radius 2 is 1.77 bits per heavy atom. The summed E-state index contributed by atoms with van der Waals surface area (Å²) in [5, 5.41) is 4.11. The standard InChI is InChI=1S/C17H13F3N2O3S/c1-26(23,24)13-6-4-5-12(11-13)22-15(9-10-21-22)14-7-2-3-8-16(14)25-17(18,19)20/h2-11H,1H3. The highest BCUT2D eigenvalue weighted by molar-refractivity contribution is 7.90. The van der Waals surface area contributed by atoms with E-state index in [0.29, 0.717) is 11.4 Å². The number of ether oxygens (including phenoxy) is 1. The van der Waals surface area contributed by atoms with Gasteiger partial charge in [-0.15, -0.1) is 13.2 Å². The molecule has 9 heteroatoms. The van der Waals surface area contributed by atoms with Crippen LogP contribution in [0.4, 0.5) is 13.2 Å². The molecular formula is C17H13F3N2O3S. The van der Waals surface area contributed by atoms with Crippen molar-refractivity contribution >= 4 is 9.84 Å². The van der Waals surface area contributed by atoms with Gasteiger partial charge in [0.2, 0.25) is 0 Å². The third-order valence-electron chi connectivity index (χ3n) is 3.52. The van der Waals surface area contributed by atoms with E-state index < -0.39 is 16.2 Å². The van der Waals surface area contributed by atoms with Crippen LogP contribution in [0.2, 0.25) is 0 Å². The Morgan fingerprint density at radius 3 is 2.46 bits per heavy atom. The van der Waals surface area contributed by atoms with Gasteiger partial charge in [-0.1, -0.05) is 18.2 Å². The van der Waals surface area contributed by atoms with Crippen LogP contribution >= 0.6 is 0 Å². The molecule has 0 fully saturated rings. The van der Waals surface area contributed by atoms with Crippen LogP contribution in [0.25, 0.3) is 16.9 Å². The fourth-order valence-electron chi connectivity index (χ4n) is 2.45. The lowest BCUT2D eigenvalue weighted by molar-refractivity contribution is -0.274. The van der Waals surface area contributed by atoms with E-state index in [-0.39, 0.29) is 16.2 Å². The van der Waals surface area contributed by atoms with Gasteiger partial charge in [-0.25, -0.2) is 13.1 Å². The normalized spacial score (nSPS) is 12.2. The van der Waals surface area contributed by atoms with Crippen molar-refractivity contribution in [2.24, 2.45) is 0 Å². The Hall–Kier alpha value is -2.81. The van der Waals surface area contributed by atoms with Crippen molar-refractivity contribution in [2.45, 2.75) is 11.3 Å². The third-order valence-corrected chi connectivity index (χ3v) is 4.63. The molecule has 0 radical (unpaired) electrons. The zero-order valence-electron chi connectivity index (χ0n) is 13.4. The number of alkyl halides is 3. The van der Waals surface area contributed by atoms with Crippen molar-refractivity contribution < 1.29 is 26.3 Å². The lowest BCUT2D eigenvalue weighted by Crippen LogP contribution is -2.17. The molecule has 0 atom stereocenters. The van der Waals surface area contributed by atoms with Crippen LogP contribution in [0.1, 0.15) is 0 Å². The Morgan fingerprint density at radius 1 is 1.04 bits per heavy atom. The van der Waals surface area contributed by atoms with Crippen molar-refractivity contribution in [3.05, 3.63) is 60.8 Å². The van der Waals surface area contributed by atoms with Crippen molar-refractivity contribution in [1.29, 1.82) is 0 Å². The smallest absolute Gasteiger partial charge is 0.405 e. The summed E-state index contributed by atoms with van der Waals surface area (Å²) in [4.78, 5) is 0.0799. The molecule has 0 saturated carbocycles. The van der Waals surface area contributed by atoms with Crippen LogP contribution in [-0.4, -0.2) is 30.8 Å². The molecule has 0 amide bonds. The minimum absolute atomic E-state index is 0.0799. The number of benzene rings is 2. The number of aromatic nitrogens is 2. The number of halogens is 3. The number of hydrogen-bond acceptors (Lipinski definition) is 4. The first-order chi connectivity index (χ1) is 12.1. The summed E-state index contributed by atoms with van der Waals surface area (Å²) in [6.07, 6.45) is -2.35. The van der Waals surface area contributed by atoms with Gasteiger partial charge >= 0.3 is 6.36 Å². The molecule has 1 heterocycles. The molecule has 0 saturated heterocycles. The molecule has 3 aromatic rings. The van der Waals surface area contributed by atoms with E-state index in [4.69, 9.17) is 0 Å². The molecule has 5 nitrogen and oxygen atoms in total. The first-order valence-electron chi connectivity index (χ1n) is 7.35. The maximum Gasteiger partial charge on any atom is 0.573 e. The number of sulfone groups is 1. The molecule has 0 aliphatic rings. The van der Waals surface area contributed by atoms with Crippen LogP contribution < -0.4 is 4.74 Å².